The molecule has 0 N–H and O–H groups in total. The van der Waals surface area contributed by atoms with Crippen LogP contribution in [0.15, 0.2) is 77.4 Å². The topological polar surface area (TPSA) is 66.3 Å². The Bertz CT molecular complexity index is 1160. The molecule has 0 amide bonds. The molecule has 1 heterocycles. The monoisotopic (exact) mass is 415 g/mol. The number of carbonyl (C=O) groups is 1. The van der Waals surface area contributed by atoms with E-state index in [4.69, 9.17) is 18.9 Å². The molecule has 1 aliphatic heterocycles. The van der Waals surface area contributed by atoms with Gasteiger partial charge in [-0.25, -0.2) is 9.79 Å². The third-order valence-corrected chi connectivity index (χ3v) is 4.89. The maximum Gasteiger partial charge on any atom is 0.363 e. The lowest BCUT2D eigenvalue weighted by atomic mass is 10.0. The van der Waals surface area contributed by atoms with Crippen LogP contribution in [-0.2, 0) is 9.53 Å². The maximum atomic E-state index is 12.4. The number of hydrogen-bond donors (Lipinski definition) is 0. The van der Waals surface area contributed by atoms with Crippen LogP contribution in [0.5, 0.6) is 17.2 Å². The summed E-state index contributed by atoms with van der Waals surface area (Å²) in [6.45, 7) is 0. The summed E-state index contributed by atoms with van der Waals surface area (Å²) in [5.41, 5.74) is 3.69. The number of rotatable bonds is 6. The van der Waals surface area contributed by atoms with Gasteiger partial charge < -0.3 is 18.9 Å². The summed E-state index contributed by atoms with van der Waals surface area (Å²) in [4.78, 5) is 16.8. The number of hydrogen-bond acceptors (Lipinski definition) is 6. The van der Waals surface area contributed by atoms with Gasteiger partial charge in [0.25, 0.3) is 0 Å². The van der Waals surface area contributed by atoms with E-state index >= 15 is 0 Å². The first kappa shape index (κ1) is 20.2. The molecule has 6 heteroatoms. The second kappa shape index (κ2) is 8.75. The van der Waals surface area contributed by atoms with Crippen LogP contribution >= 0.6 is 0 Å². The number of esters is 1. The number of ether oxygens (including phenoxy) is 4. The van der Waals surface area contributed by atoms with Crippen LogP contribution in [-0.4, -0.2) is 33.2 Å². The molecule has 4 rings (SSSR count). The van der Waals surface area contributed by atoms with Crippen LogP contribution in [0.2, 0.25) is 0 Å². The minimum Gasteiger partial charge on any atom is -0.496 e. The van der Waals surface area contributed by atoms with Crippen LogP contribution in [0.1, 0.15) is 11.1 Å². The fourth-order valence-corrected chi connectivity index (χ4v) is 3.28. The number of carbonyl (C=O) groups excluding carboxylic acids is 1. The van der Waals surface area contributed by atoms with Gasteiger partial charge in [-0.15, -0.1) is 0 Å². The molecule has 0 saturated heterocycles. The maximum absolute atomic E-state index is 12.4. The van der Waals surface area contributed by atoms with E-state index in [1.54, 1.807) is 39.5 Å². The summed E-state index contributed by atoms with van der Waals surface area (Å²) in [6.07, 6.45) is 1.61. The quantitative estimate of drug-likeness (QED) is 0.430. The Labute approximate surface area is 180 Å². The number of aliphatic imine (C=N–C) groups is 1. The normalized spacial score (nSPS) is 14.2. The highest BCUT2D eigenvalue weighted by Gasteiger charge is 2.25. The van der Waals surface area contributed by atoms with Gasteiger partial charge in [0.1, 0.15) is 5.75 Å². The van der Waals surface area contributed by atoms with Crippen molar-refractivity contribution in [3.63, 3.8) is 0 Å². The summed E-state index contributed by atoms with van der Waals surface area (Å²) in [6, 6.07) is 21.2. The number of cyclic esters (lactones) is 1. The molecule has 3 aromatic rings. The zero-order valence-electron chi connectivity index (χ0n) is 17.4. The third kappa shape index (κ3) is 4.14. The lowest BCUT2D eigenvalue weighted by molar-refractivity contribution is -0.129. The molecule has 0 bridgehead atoms. The molecule has 0 aliphatic carbocycles. The Morgan fingerprint density at radius 3 is 1.97 bits per heavy atom. The van der Waals surface area contributed by atoms with E-state index in [-0.39, 0.29) is 11.6 Å². The minimum absolute atomic E-state index is 0.174. The summed E-state index contributed by atoms with van der Waals surface area (Å²) in [7, 11) is 4.63. The van der Waals surface area contributed by atoms with Crippen LogP contribution in [0.25, 0.3) is 17.2 Å². The number of methoxy groups -OCH3 is 3. The average Bonchev–Trinajstić information content (AvgIpc) is 3.19. The second-order valence-electron chi connectivity index (χ2n) is 6.73. The van der Waals surface area contributed by atoms with Gasteiger partial charge in [0.05, 0.1) is 21.3 Å². The van der Waals surface area contributed by atoms with Gasteiger partial charge in [0, 0.05) is 17.2 Å². The van der Waals surface area contributed by atoms with Gasteiger partial charge in [-0.05, 0) is 35.4 Å². The van der Waals surface area contributed by atoms with Crippen LogP contribution in [0.4, 0.5) is 0 Å². The summed E-state index contributed by atoms with van der Waals surface area (Å²) < 4.78 is 21.5. The van der Waals surface area contributed by atoms with Gasteiger partial charge in [-0.1, -0.05) is 42.5 Å². The molecular formula is C25H21NO5. The van der Waals surface area contributed by atoms with E-state index in [1.165, 1.54) is 0 Å². The molecular weight excluding hydrogens is 394 g/mol. The average molecular weight is 415 g/mol. The van der Waals surface area contributed by atoms with Crippen molar-refractivity contribution in [3.8, 4) is 28.4 Å². The van der Waals surface area contributed by atoms with Crippen molar-refractivity contribution in [1.29, 1.82) is 0 Å². The third-order valence-electron chi connectivity index (χ3n) is 4.89. The second-order valence-corrected chi connectivity index (χ2v) is 6.73. The summed E-state index contributed by atoms with van der Waals surface area (Å²) >= 11 is 0. The molecule has 0 unspecified atom stereocenters. The number of benzene rings is 3. The highest BCUT2D eigenvalue weighted by Crippen LogP contribution is 2.36. The van der Waals surface area contributed by atoms with Crippen LogP contribution in [0.3, 0.4) is 0 Å². The molecule has 0 atom stereocenters. The van der Waals surface area contributed by atoms with Crippen LogP contribution < -0.4 is 14.2 Å². The molecule has 3 aromatic carbocycles. The van der Waals surface area contributed by atoms with Crippen molar-refractivity contribution in [2.24, 2.45) is 4.99 Å². The minimum atomic E-state index is -0.529. The van der Waals surface area contributed by atoms with E-state index in [0.29, 0.717) is 22.8 Å². The van der Waals surface area contributed by atoms with Crippen molar-refractivity contribution >= 4 is 17.9 Å². The first-order valence-corrected chi connectivity index (χ1v) is 9.61. The van der Waals surface area contributed by atoms with Crippen molar-refractivity contribution in [2.75, 3.05) is 21.3 Å². The Morgan fingerprint density at radius 1 is 0.742 bits per heavy atom. The smallest absolute Gasteiger partial charge is 0.363 e. The predicted molar refractivity (Wildman–Crippen MR) is 119 cm³/mol. The first-order valence-electron chi connectivity index (χ1n) is 9.61. The molecule has 0 fully saturated rings. The fourth-order valence-electron chi connectivity index (χ4n) is 3.28. The predicted octanol–water partition coefficient (Wildman–Crippen LogP) is 4.72. The molecule has 6 nitrogen and oxygen atoms in total. The Balaban J connectivity index is 1.65. The fraction of sp³-hybridized carbons (Fsp3) is 0.120. The first-order chi connectivity index (χ1) is 15.1. The van der Waals surface area contributed by atoms with Crippen molar-refractivity contribution in [1.82, 2.24) is 0 Å². The van der Waals surface area contributed by atoms with Crippen LogP contribution in [0, 0.1) is 0 Å². The van der Waals surface area contributed by atoms with E-state index in [0.717, 1.165) is 16.7 Å². The van der Waals surface area contributed by atoms with E-state index in [9.17, 15) is 4.79 Å². The van der Waals surface area contributed by atoms with E-state index in [1.807, 2.05) is 54.6 Å². The molecule has 0 radical (unpaired) electrons. The molecule has 156 valence electrons. The molecule has 0 saturated carbocycles. The van der Waals surface area contributed by atoms with Crippen molar-refractivity contribution < 1.29 is 23.7 Å². The van der Waals surface area contributed by atoms with Gasteiger partial charge in [0.15, 0.2) is 17.2 Å². The van der Waals surface area contributed by atoms with Crippen molar-refractivity contribution in [3.05, 3.63) is 83.6 Å². The van der Waals surface area contributed by atoms with E-state index in [2.05, 4.69) is 4.99 Å². The Hall–Kier alpha value is -4.06. The van der Waals surface area contributed by atoms with Gasteiger partial charge >= 0.3 is 5.97 Å². The molecule has 1 aliphatic rings. The highest BCUT2D eigenvalue weighted by molar-refractivity contribution is 6.13. The molecule has 0 aromatic heterocycles. The zero-order valence-corrected chi connectivity index (χ0v) is 17.4. The highest BCUT2D eigenvalue weighted by atomic mass is 16.6. The molecule has 31 heavy (non-hydrogen) atoms. The Morgan fingerprint density at radius 2 is 1.32 bits per heavy atom. The number of nitrogens with zero attached hydrogens (tertiary/aromatic N) is 1. The van der Waals surface area contributed by atoms with Crippen molar-refractivity contribution in [2.45, 2.75) is 0 Å². The largest absolute Gasteiger partial charge is 0.496 e. The lowest BCUT2D eigenvalue weighted by Crippen LogP contribution is -2.05. The lowest BCUT2D eigenvalue weighted by Gasteiger charge is -2.12. The summed E-state index contributed by atoms with van der Waals surface area (Å²) in [5, 5.41) is 0. The molecule has 0 spiro atoms. The zero-order chi connectivity index (χ0) is 21.8. The standard InChI is InChI=1S/C25H21NO5/c1-28-21-15-23(30-3)22(29-2)14-19(21)13-20-25(27)31-24(26-20)18-11-9-17(10-12-18)16-7-5-4-6-8-16/h4-15H,1-3H3/b20-13-. The SMILES string of the molecule is COc1cc(OC)c(OC)cc1/C=C1\N=C(c2ccc(-c3ccccc3)cc2)OC1=O. The van der Waals surface area contributed by atoms with Gasteiger partial charge in [-0.2, -0.15) is 0 Å². The van der Waals surface area contributed by atoms with E-state index < -0.39 is 5.97 Å². The Kier molecular flexibility index (Phi) is 5.71. The van der Waals surface area contributed by atoms with Gasteiger partial charge in [-0.3, -0.25) is 0 Å². The summed E-state index contributed by atoms with van der Waals surface area (Å²) in [5.74, 6) is 1.29. The van der Waals surface area contributed by atoms with Gasteiger partial charge in [0.2, 0.25) is 5.90 Å².